The van der Waals surface area contributed by atoms with Gasteiger partial charge in [0.2, 0.25) is 0 Å². The van der Waals surface area contributed by atoms with Gasteiger partial charge < -0.3 is 47.1 Å². The molecule has 8 N–H and O–H groups in total. The minimum absolute atomic E-state index is 0.00331. The molecule has 0 aliphatic carbocycles. The lowest BCUT2D eigenvalue weighted by molar-refractivity contribution is -0.137. The van der Waals surface area contributed by atoms with E-state index in [-0.39, 0.29) is 29.7 Å². The van der Waals surface area contributed by atoms with Gasteiger partial charge in [-0.15, -0.1) is 0 Å². The molecule has 2 aliphatic rings. The third-order valence-electron chi connectivity index (χ3n) is 11.4. The zero-order chi connectivity index (χ0) is 51.0. The number of nitrogen functional groups attached to an aromatic ring is 3. The van der Waals surface area contributed by atoms with Crippen LogP contribution in [0.5, 0.6) is 0 Å². The number of amides is 4. The van der Waals surface area contributed by atoms with Gasteiger partial charge in [-0.1, -0.05) is 30.3 Å². The van der Waals surface area contributed by atoms with Crippen LogP contribution < -0.4 is 27.8 Å². The second-order valence-electron chi connectivity index (χ2n) is 19.1. The molecule has 7 aromatic rings. The van der Waals surface area contributed by atoms with Crippen LogP contribution >= 0.6 is 0 Å². The van der Waals surface area contributed by atoms with Crippen LogP contribution in [0.2, 0.25) is 0 Å². The largest absolute Gasteiger partial charge is 0.444 e. The summed E-state index contributed by atoms with van der Waals surface area (Å²) >= 11 is 0. The molecule has 0 unspecified atom stereocenters. The van der Waals surface area contributed by atoms with Crippen LogP contribution in [0, 0.1) is 0 Å². The average Bonchev–Trinajstić information content (AvgIpc) is 4.12. The molecule has 23 heteroatoms. The number of carbonyl (C=O) groups is 3. The number of likely N-dealkylation sites (tertiary alicyclic amines) is 2. The number of hydrogen-bond acceptors (Lipinski definition) is 14. The van der Waals surface area contributed by atoms with Gasteiger partial charge in [0.05, 0.1) is 28.4 Å². The summed E-state index contributed by atoms with van der Waals surface area (Å²) in [7, 11) is 0. The lowest BCUT2D eigenvalue weighted by atomic mass is 10.1. The summed E-state index contributed by atoms with van der Waals surface area (Å²) in [5.74, 6) is 0.612. The van der Waals surface area contributed by atoms with Crippen molar-refractivity contribution < 1.29 is 37.0 Å². The van der Waals surface area contributed by atoms with Gasteiger partial charge in [0, 0.05) is 54.4 Å². The first-order chi connectivity index (χ1) is 33.5. The Morgan fingerprint density at radius 1 is 0.620 bits per heavy atom. The fourth-order valence-electron chi connectivity index (χ4n) is 8.19. The number of urea groups is 1. The molecule has 6 heterocycles. The van der Waals surface area contributed by atoms with E-state index in [1.54, 1.807) is 38.7 Å². The Kier molecular flexibility index (Phi) is 13.4. The summed E-state index contributed by atoms with van der Waals surface area (Å²) in [6.07, 6.45) is -1.05. The number of benzene rings is 3. The van der Waals surface area contributed by atoms with Gasteiger partial charge in [-0.25, -0.2) is 43.7 Å². The van der Waals surface area contributed by atoms with Crippen LogP contribution in [0.15, 0.2) is 85.5 Å². The molecule has 9 rings (SSSR count). The van der Waals surface area contributed by atoms with Crippen LogP contribution in [0.1, 0.15) is 72.0 Å². The minimum Gasteiger partial charge on any atom is -0.444 e. The summed E-state index contributed by atoms with van der Waals surface area (Å²) < 4.78 is 53.5. The molecule has 2 fully saturated rings. The molecule has 3 aromatic carbocycles. The van der Waals surface area contributed by atoms with E-state index in [0.717, 1.165) is 24.1 Å². The normalized spacial score (nSPS) is 16.2. The molecule has 4 aromatic heterocycles. The Morgan fingerprint density at radius 2 is 1.07 bits per heavy atom. The van der Waals surface area contributed by atoms with Gasteiger partial charge in [0.15, 0.2) is 11.3 Å². The highest BCUT2D eigenvalue weighted by atomic mass is 19.4. The van der Waals surface area contributed by atoms with Crippen molar-refractivity contribution in [3.05, 3.63) is 91.0 Å². The first kappa shape index (κ1) is 49.2. The van der Waals surface area contributed by atoms with E-state index in [0.29, 0.717) is 88.8 Å². The number of rotatable bonds is 6. The average molecular weight is 978 g/mol. The van der Waals surface area contributed by atoms with E-state index in [9.17, 15) is 27.6 Å². The zero-order valence-corrected chi connectivity index (χ0v) is 39.9. The second-order valence-corrected chi connectivity index (χ2v) is 19.1. The molecule has 4 amide bonds. The topological polar surface area (TPSA) is 265 Å². The molecule has 0 radical (unpaired) electrons. The van der Waals surface area contributed by atoms with Crippen molar-refractivity contribution >= 4 is 69.0 Å². The van der Waals surface area contributed by atoms with E-state index in [4.69, 9.17) is 36.9 Å². The molecule has 0 bridgehead atoms. The lowest BCUT2D eigenvalue weighted by Crippen LogP contribution is -2.35. The van der Waals surface area contributed by atoms with Crippen molar-refractivity contribution in [1.82, 2.24) is 49.3 Å². The number of nitrogens with two attached hydrogens (primary N) is 3. The maximum atomic E-state index is 13.0. The number of nitrogens with zero attached hydrogens (tertiary/aromatic N) is 10. The van der Waals surface area contributed by atoms with Gasteiger partial charge in [-0.3, -0.25) is 0 Å². The van der Waals surface area contributed by atoms with Gasteiger partial charge in [-0.05, 0) is 96.8 Å². The standard InChI is InChI=1S/C28H29F3N8O3.C20H25N7O2/c1-27(2,3)42-26(41)38-12-11-20(14-38)39-24-21(23(32)33-15-34-24)22(37-39)16-7-9-18(10-8-16)35-25(40)36-19-6-4-5-17(13-19)28(29,30)31;1-20(2,3)29-19(28)26-9-8-14(10-26)27-18-15(17(22)23-11-24-18)16(25-27)12-4-6-13(21)7-5-12/h4-10,13,15,20H,11-12,14H2,1-3H3,(H2,32,33,34)(H2,35,36,40);4-7,11,14H,8-10,21H2,1-3H3,(H2,22,23,24)/t20-;14-/m11/s1. The number of fused-ring (bicyclic) bond motifs is 2. The third kappa shape index (κ3) is 11.3. The Morgan fingerprint density at radius 3 is 1.52 bits per heavy atom. The van der Waals surface area contributed by atoms with E-state index in [1.165, 1.54) is 24.8 Å². The maximum Gasteiger partial charge on any atom is 0.416 e. The van der Waals surface area contributed by atoms with Crippen molar-refractivity contribution in [2.75, 3.05) is 54.0 Å². The number of carbonyl (C=O) groups excluding carboxylic acids is 3. The quantitative estimate of drug-likeness (QED) is 0.0976. The van der Waals surface area contributed by atoms with E-state index in [1.807, 2.05) is 70.5 Å². The number of nitrogens with one attached hydrogen (secondary N) is 2. The van der Waals surface area contributed by atoms with E-state index >= 15 is 0 Å². The predicted octanol–water partition coefficient (Wildman–Crippen LogP) is 8.76. The molecule has 71 heavy (non-hydrogen) atoms. The Labute approximate surface area is 405 Å². The molecule has 0 saturated carbocycles. The van der Waals surface area contributed by atoms with Crippen LogP contribution in [0.4, 0.5) is 56.3 Å². The van der Waals surface area contributed by atoms with Gasteiger partial charge >= 0.3 is 24.4 Å². The number of anilines is 5. The molecular formula is C48H54F3N15O5. The van der Waals surface area contributed by atoms with Gasteiger partial charge in [0.1, 0.15) is 46.9 Å². The number of alkyl halides is 3. The Bertz CT molecular complexity index is 3090. The van der Waals surface area contributed by atoms with Crippen LogP contribution in [0.25, 0.3) is 44.6 Å². The van der Waals surface area contributed by atoms with Crippen molar-refractivity contribution in [2.45, 2.75) is 83.8 Å². The molecule has 2 aliphatic heterocycles. The number of aromatic nitrogens is 8. The molecule has 2 atom stereocenters. The summed E-state index contributed by atoms with van der Waals surface area (Å²) in [5, 5.41) is 15.9. The summed E-state index contributed by atoms with van der Waals surface area (Å²) in [6, 6.07) is 17.6. The fraction of sp³-hybridized carbons (Fsp3) is 0.354. The number of hydrogen-bond donors (Lipinski definition) is 5. The first-order valence-corrected chi connectivity index (χ1v) is 22.7. The minimum atomic E-state index is -4.52. The molecular weight excluding hydrogens is 924 g/mol. The monoisotopic (exact) mass is 977 g/mol. The van der Waals surface area contributed by atoms with Crippen LogP contribution in [0.3, 0.4) is 0 Å². The maximum absolute atomic E-state index is 13.0. The highest BCUT2D eigenvalue weighted by Crippen LogP contribution is 2.37. The Hall–Kier alpha value is -8.24. The third-order valence-corrected chi connectivity index (χ3v) is 11.4. The highest BCUT2D eigenvalue weighted by Gasteiger charge is 2.35. The van der Waals surface area contributed by atoms with Gasteiger partial charge in [0.25, 0.3) is 0 Å². The smallest absolute Gasteiger partial charge is 0.416 e. The number of ether oxygens (including phenoxy) is 2. The van der Waals surface area contributed by atoms with Crippen LogP contribution in [-0.2, 0) is 15.7 Å². The number of halogens is 3. The molecule has 2 saturated heterocycles. The highest BCUT2D eigenvalue weighted by molar-refractivity contribution is 6.01. The zero-order valence-electron chi connectivity index (χ0n) is 39.9. The van der Waals surface area contributed by atoms with Crippen molar-refractivity contribution in [3.63, 3.8) is 0 Å². The van der Waals surface area contributed by atoms with Crippen molar-refractivity contribution in [1.29, 1.82) is 0 Å². The van der Waals surface area contributed by atoms with Gasteiger partial charge in [-0.2, -0.15) is 23.4 Å². The second kappa shape index (κ2) is 19.3. The van der Waals surface area contributed by atoms with Crippen molar-refractivity contribution in [3.8, 4) is 22.5 Å². The molecule has 20 nitrogen and oxygen atoms in total. The fourth-order valence-corrected chi connectivity index (χ4v) is 8.19. The summed E-state index contributed by atoms with van der Waals surface area (Å²) in [6.45, 7) is 13.0. The predicted molar refractivity (Wildman–Crippen MR) is 262 cm³/mol. The Balaban J connectivity index is 0.000000204. The van der Waals surface area contributed by atoms with E-state index < -0.39 is 35.1 Å². The lowest BCUT2D eigenvalue weighted by Gasteiger charge is -2.24. The summed E-state index contributed by atoms with van der Waals surface area (Å²) in [5.41, 5.74) is 21.2. The molecule has 372 valence electrons. The first-order valence-electron chi connectivity index (χ1n) is 22.7. The van der Waals surface area contributed by atoms with Crippen LogP contribution in [-0.4, -0.2) is 105 Å². The SMILES string of the molecule is CC(C)(C)OC(=O)N1CC[C@@H](n2nc(-c3ccc(N)cc3)c3c(N)ncnc32)C1.CC(C)(C)OC(=O)N1CC[C@@H](n2nc(-c3ccc(NC(=O)Nc4cccc(C(F)(F)F)c4)cc3)c3c(N)ncnc32)C1. The van der Waals surface area contributed by atoms with E-state index in [2.05, 4.69) is 30.6 Å². The molecule has 0 spiro atoms. The van der Waals surface area contributed by atoms with Crippen molar-refractivity contribution in [2.24, 2.45) is 0 Å². The summed E-state index contributed by atoms with van der Waals surface area (Å²) in [4.78, 5) is 57.9.